The van der Waals surface area contributed by atoms with Gasteiger partial charge in [0.15, 0.2) is 0 Å². The summed E-state index contributed by atoms with van der Waals surface area (Å²) < 4.78 is 12.1. The van der Waals surface area contributed by atoms with Crippen molar-refractivity contribution >= 4 is 49.8 Å². The van der Waals surface area contributed by atoms with Crippen molar-refractivity contribution in [3.05, 3.63) is 98.2 Å². The van der Waals surface area contributed by atoms with Gasteiger partial charge in [0, 0.05) is 10.9 Å². The molecule has 0 bridgehead atoms. The zero-order chi connectivity index (χ0) is 27.5. The van der Waals surface area contributed by atoms with Crippen molar-refractivity contribution in [3.8, 4) is 16.9 Å². The molecule has 0 saturated heterocycles. The van der Waals surface area contributed by atoms with Gasteiger partial charge in [0.05, 0.1) is 36.9 Å². The molecule has 1 amide bonds. The first kappa shape index (κ1) is 26.3. The van der Waals surface area contributed by atoms with Crippen LogP contribution >= 0.6 is 22.7 Å². The second kappa shape index (κ2) is 11.2. The summed E-state index contributed by atoms with van der Waals surface area (Å²) in [5, 5.41) is 5.48. The van der Waals surface area contributed by atoms with Crippen molar-refractivity contribution in [2.45, 2.75) is 20.4 Å². The van der Waals surface area contributed by atoms with Gasteiger partial charge in [-0.2, -0.15) is 0 Å². The SMILES string of the molecule is CCOC(=O)c1c(-c2ccc(OC)cc2)csc1NC(=O)c1sc2ncn(Cc3ccccc3)c(=O)c2c1C. The molecule has 0 saturated carbocycles. The van der Waals surface area contributed by atoms with Crippen LogP contribution in [0.4, 0.5) is 5.00 Å². The fraction of sp³-hybridized carbons (Fsp3) is 0.172. The standard InChI is InChI=1S/C29H25N3O5S2/c1-4-37-29(35)23-21(19-10-12-20(36-3)13-11-19)15-38-27(23)31-25(33)24-17(2)22-26(39-24)30-16-32(28(22)34)14-18-8-6-5-7-9-18/h5-13,15-16H,4,14H2,1-3H3,(H,31,33). The van der Waals surface area contributed by atoms with Crippen molar-refractivity contribution in [1.29, 1.82) is 0 Å². The maximum absolute atomic E-state index is 13.5. The molecule has 3 aromatic heterocycles. The Morgan fingerprint density at radius 2 is 1.82 bits per heavy atom. The maximum atomic E-state index is 13.5. The Hall–Kier alpha value is -4.28. The quantitative estimate of drug-likeness (QED) is 0.235. The zero-order valence-corrected chi connectivity index (χ0v) is 23.2. The van der Waals surface area contributed by atoms with Crippen LogP contribution in [0.25, 0.3) is 21.3 Å². The molecule has 8 nitrogen and oxygen atoms in total. The van der Waals surface area contributed by atoms with Crippen LogP contribution in [0.1, 0.15) is 38.1 Å². The van der Waals surface area contributed by atoms with Crippen LogP contribution in [0.5, 0.6) is 5.75 Å². The Balaban J connectivity index is 1.48. The molecule has 198 valence electrons. The van der Waals surface area contributed by atoms with Gasteiger partial charge in [-0.1, -0.05) is 42.5 Å². The van der Waals surface area contributed by atoms with Crippen molar-refractivity contribution in [3.63, 3.8) is 0 Å². The first-order chi connectivity index (χ1) is 18.9. The molecule has 0 aliphatic heterocycles. The summed E-state index contributed by atoms with van der Waals surface area (Å²) >= 11 is 2.39. The average molecular weight is 560 g/mol. The molecule has 2 aromatic carbocycles. The van der Waals surface area contributed by atoms with E-state index in [0.29, 0.717) is 43.5 Å². The monoisotopic (exact) mass is 559 g/mol. The highest BCUT2D eigenvalue weighted by Gasteiger charge is 2.25. The van der Waals surface area contributed by atoms with E-state index in [1.165, 1.54) is 17.7 Å². The van der Waals surface area contributed by atoms with E-state index in [1.54, 1.807) is 37.7 Å². The van der Waals surface area contributed by atoms with Crippen LogP contribution in [-0.2, 0) is 11.3 Å². The predicted octanol–water partition coefficient (Wildman–Crippen LogP) is 5.98. The fourth-order valence-corrected chi connectivity index (χ4v) is 6.25. The minimum atomic E-state index is -0.529. The smallest absolute Gasteiger partial charge is 0.341 e. The van der Waals surface area contributed by atoms with Crippen molar-refractivity contribution in [2.24, 2.45) is 0 Å². The number of aromatic nitrogens is 2. The topological polar surface area (TPSA) is 99.5 Å². The second-order valence-corrected chi connectivity index (χ2v) is 10.5. The molecule has 5 rings (SSSR count). The predicted molar refractivity (Wildman–Crippen MR) is 154 cm³/mol. The lowest BCUT2D eigenvalue weighted by Gasteiger charge is -2.09. The molecule has 1 N–H and O–H groups in total. The number of carbonyl (C=O) groups excluding carboxylic acids is 2. The van der Waals surface area contributed by atoms with Crippen molar-refractivity contribution in [1.82, 2.24) is 9.55 Å². The van der Waals surface area contributed by atoms with Crippen molar-refractivity contribution < 1.29 is 19.1 Å². The number of amides is 1. The van der Waals surface area contributed by atoms with Gasteiger partial charge in [-0.05, 0) is 42.7 Å². The number of methoxy groups -OCH3 is 1. The number of rotatable bonds is 8. The van der Waals surface area contributed by atoms with Gasteiger partial charge < -0.3 is 14.8 Å². The first-order valence-electron chi connectivity index (χ1n) is 12.2. The zero-order valence-electron chi connectivity index (χ0n) is 21.5. The molecule has 0 fully saturated rings. The number of carbonyl (C=O) groups is 2. The lowest BCUT2D eigenvalue weighted by Crippen LogP contribution is -2.21. The first-order valence-corrected chi connectivity index (χ1v) is 13.9. The molecule has 0 atom stereocenters. The number of benzene rings is 2. The van der Waals surface area contributed by atoms with Crippen LogP contribution in [0, 0.1) is 6.92 Å². The highest BCUT2D eigenvalue weighted by atomic mass is 32.1. The number of nitrogens with one attached hydrogen (secondary N) is 1. The molecular formula is C29H25N3O5S2. The Kier molecular flexibility index (Phi) is 7.58. The van der Waals surface area contributed by atoms with E-state index < -0.39 is 11.9 Å². The molecule has 5 aromatic rings. The Bertz CT molecular complexity index is 1720. The Morgan fingerprint density at radius 1 is 1.08 bits per heavy atom. The van der Waals surface area contributed by atoms with Gasteiger partial charge in [-0.15, -0.1) is 22.7 Å². The molecule has 39 heavy (non-hydrogen) atoms. The third-order valence-electron chi connectivity index (χ3n) is 6.22. The average Bonchev–Trinajstić information content (AvgIpc) is 3.52. The summed E-state index contributed by atoms with van der Waals surface area (Å²) in [5.41, 5.74) is 3.04. The summed E-state index contributed by atoms with van der Waals surface area (Å²) in [7, 11) is 1.58. The molecule has 0 aliphatic rings. The van der Waals surface area contributed by atoms with E-state index in [0.717, 1.165) is 22.5 Å². The number of thiophene rings is 2. The number of ether oxygens (including phenoxy) is 2. The van der Waals surface area contributed by atoms with Crippen LogP contribution in [0.2, 0.25) is 0 Å². The van der Waals surface area contributed by atoms with E-state index in [-0.39, 0.29) is 17.7 Å². The van der Waals surface area contributed by atoms with E-state index in [4.69, 9.17) is 9.47 Å². The summed E-state index contributed by atoms with van der Waals surface area (Å²) in [4.78, 5) is 45.0. The van der Waals surface area contributed by atoms with Crippen LogP contribution in [0.3, 0.4) is 0 Å². The number of aryl methyl sites for hydroxylation is 1. The second-order valence-electron chi connectivity index (χ2n) is 8.66. The van der Waals surface area contributed by atoms with Gasteiger partial charge >= 0.3 is 5.97 Å². The minimum Gasteiger partial charge on any atom is -0.497 e. The number of hydrogen-bond acceptors (Lipinski definition) is 8. The number of anilines is 1. The molecule has 3 heterocycles. The van der Waals surface area contributed by atoms with Crippen molar-refractivity contribution in [2.75, 3.05) is 19.0 Å². The Labute approximate surface area is 232 Å². The van der Waals surface area contributed by atoms with Gasteiger partial charge in [0.1, 0.15) is 21.1 Å². The van der Waals surface area contributed by atoms with E-state index in [1.807, 2.05) is 47.8 Å². The third kappa shape index (κ3) is 5.21. The number of hydrogen-bond donors (Lipinski definition) is 1. The summed E-state index contributed by atoms with van der Waals surface area (Å²) in [6.45, 7) is 4.05. The van der Waals surface area contributed by atoms with Crippen LogP contribution in [-0.4, -0.2) is 35.1 Å². The normalized spacial score (nSPS) is 10.9. The number of nitrogens with zero attached hydrogens (tertiary/aromatic N) is 2. The van der Waals surface area contributed by atoms with E-state index >= 15 is 0 Å². The molecule has 0 aliphatic carbocycles. The molecule has 10 heteroatoms. The Morgan fingerprint density at radius 3 is 2.51 bits per heavy atom. The van der Waals surface area contributed by atoms with Crippen LogP contribution in [0.15, 0.2) is 71.1 Å². The van der Waals surface area contributed by atoms with Gasteiger partial charge in [0.25, 0.3) is 11.5 Å². The van der Waals surface area contributed by atoms with Gasteiger partial charge in [-0.3, -0.25) is 14.2 Å². The molecular weight excluding hydrogens is 534 g/mol. The third-order valence-corrected chi connectivity index (χ3v) is 8.31. The largest absolute Gasteiger partial charge is 0.497 e. The van der Waals surface area contributed by atoms with E-state index in [2.05, 4.69) is 10.3 Å². The number of fused-ring (bicyclic) bond motifs is 1. The van der Waals surface area contributed by atoms with Crippen LogP contribution < -0.4 is 15.6 Å². The summed E-state index contributed by atoms with van der Waals surface area (Å²) in [6, 6.07) is 16.9. The van der Waals surface area contributed by atoms with E-state index in [9.17, 15) is 14.4 Å². The maximum Gasteiger partial charge on any atom is 0.341 e. The molecule has 0 spiro atoms. The van der Waals surface area contributed by atoms with Gasteiger partial charge in [-0.25, -0.2) is 9.78 Å². The highest BCUT2D eigenvalue weighted by molar-refractivity contribution is 7.21. The highest BCUT2D eigenvalue weighted by Crippen LogP contribution is 2.38. The fourth-order valence-electron chi connectivity index (χ4n) is 4.27. The lowest BCUT2D eigenvalue weighted by atomic mass is 10.0. The summed E-state index contributed by atoms with van der Waals surface area (Å²) in [6.07, 6.45) is 1.51. The lowest BCUT2D eigenvalue weighted by molar-refractivity contribution is 0.0529. The minimum absolute atomic E-state index is 0.195. The van der Waals surface area contributed by atoms with Gasteiger partial charge in [0.2, 0.25) is 0 Å². The molecule has 0 unspecified atom stereocenters. The summed E-state index contributed by atoms with van der Waals surface area (Å²) in [5.74, 6) is -0.256. The number of esters is 1. The molecule has 0 radical (unpaired) electrons.